The molecule has 0 atom stereocenters. The summed E-state index contributed by atoms with van der Waals surface area (Å²) in [5, 5.41) is 1.97. The molecule has 1 aliphatic rings. The normalized spacial score (nSPS) is 12.4. The molecule has 0 saturated carbocycles. The van der Waals surface area contributed by atoms with Gasteiger partial charge in [0.2, 0.25) is 0 Å². The fourth-order valence-electron chi connectivity index (χ4n) is 2.74. The Balaban J connectivity index is 1.60. The highest BCUT2D eigenvalue weighted by molar-refractivity contribution is 5.95. The zero-order chi connectivity index (χ0) is 16.4. The summed E-state index contributed by atoms with van der Waals surface area (Å²) in [6.45, 7) is 0. The molecule has 0 radical (unpaired) electrons. The summed E-state index contributed by atoms with van der Waals surface area (Å²) in [6, 6.07) is 20.9. The van der Waals surface area contributed by atoms with Gasteiger partial charge in [0.05, 0.1) is 5.56 Å². The van der Waals surface area contributed by atoms with Gasteiger partial charge in [0.25, 0.3) is 0 Å². The molecule has 0 aliphatic heterocycles. The van der Waals surface area contributed by atoms with E-state index < -0.39 is 0 Å². The van der Waals surface area contributed by atoms with Crippen LogP contribution in [0.25, 0.3) is 16.3 Å². The van der Waals surface area contributed by atoms with Crippen LogP contribution in [-0.2, 0) is 0 Å². The fraction of sp³-hybridized carbons (Fsp3) is 0. The Labute approximate surface area is 140 Å². The first-order valence-electron chi connectivity index (χ1n) is 7.75. The molecule has 0 spiro atoms. The van der Waals surface area contributed by atoms with Crippen LogP contribution in [0.3, 0.4) is 0 Å². The molecule has 2 heteroatoms. The Morgan fingerprint density at radius 3 is 2.46 bits per heavy atom. The topological polar surface area (TPSA) is 26.3 Å². The average molecular weight is 310 g/mol. The lowest BCUT2D eigenvalue weighted by Crippen LogP contribution is -2.08. The smallest absolute Gasteiger partial charge is 0.343 e. The van der Waals surface area contributed by atoms with Crippen LogP contribution in [0.15, 0.2) is 90.7 Å². The van der Waals surface area contributed by atoms with Gasteiger partial charge in [0, 0.05) is 11.0 Å². The van der Waals surface area contributed by atoms with Crippen LogP contribution in [0.2, 0.25) is 0 Å². The van der Waals surface area contributed by atoms with Gasteiger partial charge in [-0.15, -0.1) is 5.73 Å². The Kier molecular flexibility index (Phi) is 3.59. The Morgan fingerprint density at radius 1 is 0.875 bits per heavy atom. The summed E-state index contributed by atoms with van der Waals surface area (Å²) in [5.74, 6) is 0.218. The lowest BCUT2D eigenvalue weighted by atomic mass is 10.1. The molecule has 4 rings (SSSR count). The van der Waals surface area contributed by atoms with E-state index in [1.165, 1.54) is 0 Å². The van der Waals surface area contributed by atoms with Crippen LogP contribution in [-0.4, -0.2) is 5.97 Å². The van der Waals surface area contributed by atoms with Gasteiger partial charge in [-0.2, -0.15) is 0 Å². The van der Waals surface area contributed by atoms with Crippen LogP contribution in [0.5, 0.6) is 5.75 Å². The van der Waals surface area contributed by atoms with E-state index in [0.29, 0.717) is 11.3 Å². The van der Waals surface area contributed by atoms with Gasteiger partial charge in [0.15, 0.2) is 0 Å². The third kappa shape index (κ3) is 2.67. The Hall–Kier alpha value is -3.35. The molecule has 1 aliphatic carbocycles. The van der Waals surface area contributed by atoms with Gasteiger partial charge in [-0.05, 0) is 41.3 Å². The van der Waals surface area contributed by atoms with Crippen LogP contribution >= 0.6 is 0 Å². The van der Waals surface area contributed by atoms with Crippen molar-refractivity contribution in [3.05, 3.63) is 102 Å². The minimum atomic E-state index is -0.357. The van der Waals surface area contributed by atoms with Crippen molar-refractivity contribution in [1.29, 1.82) is 0 Å². The predicted octanol–water partition coefficient (Wildman–Crippen LogP) is 5.17. The molecule has 0 heterocycles. The first-order valence-corrected chi connectivity index (χ1v) is 7.75. The largest absolute Gasteiger partial charge is 0.422 e. The molecule has 3 aromatic carbocycles. The fourth-order valence-corrected chi connectivity index (χ4v) is 2.74. The molecule has 0 amide bonds. The van der Waals surface area contributed by atoms with E-state index in [4.69, 9.17) is 4.74 Å². The maximum Gasteiger partial charge on any atom is 0.343 e. The minimum Gasteiger partial charge on any atom is -0.422 e. The molecule has 0 aromatic heterocycles. The van der Waals surface area contributed by atoms with E-state index in [1.54, 1.807) is 12.1 Å². The number of allylic oxidation sites excluding steroid dienone is 3. The second-order valence-corrected chi connectivity index (χ2v) is 5.53. The van der Waals surface area contributed by atoms with Gasteiger partial charge < -0.3 is 4.74 Å². The molecular formula is C22H14O2. The van der Waals surface area contributed by atoms with E-state index in [1.807, 2.05) is 72.8 Å². The summed E-state index contributed by atoms with van der Waals surface area (Å²) in [5.41, 5.74) is 5.72. The quantitative estimate of drug-likeness (QED) is 0.379. The first-order chi connectivity index (χ1) is 11.8. The number of hydrogen-bond donors (Lipinski definition) is 0. The maximum absolute atomic E-state index is 12.4. The van der Waals surface area contributed by atoms with E-state index in [9.17, 15) is 4.79 Å². The standard InChI is InChI=1S/C22H14O2/c23-22(19-14-12-17(13-15-19)16-6-1-2-7-16)24-21-11-5-9-18-8-3-4-10-20(18)21/h1-6,8-15H. The molecule has 0 fully saturated rings. The highest BCUT2D eigenvalue weighted by Gasteiger charge is 2.11. The van der Waals surface area contributed by atoms with Crippen molar-refractivity contribution >= 4 is 22.3 Å². The van der Waals surface area contributed by atoms with Crippen molar-refractivity contribution in [3.63, 3.8) is 0 Å². The van der Waals surface area contributed by atoms with Gasteiger partial charge in [-0.25, -0.2) is 4.79 Å². The number of benzene rings is 3. The van der Waals surface area contributed by atoms with Gasteiger partial charge >= 0.3 is 5.97 Å². The van der Waals surface area contributed by atoms with E-state index in [-0.39, 0.29) is 5.97 Å². The summed E-state index contributed by atoms with van der Waals surface area (Å²) in [4.78, 5) is 12.4. The SMILES string of the molecule is O=C(Oc1cccc2ccccc12)c1ccc(C2=C=CC=C2)cc1. The average Bonchev–Trinajstić information content (AvgIpc) is 3.17. The summed E-state index contributed by atoms with van der Waals surface area (Å²) >= 11 is 0. The van der Waals surface area contributed by atoms with Gasteiger partial charge in [-0.3, -0.25) is 0 Å². The molecular weight excluding hydrogens is 296 g/mol. The van der Waals surface area contributed by atoms with Crippen molar-refractivity contribution in [2.75, 3.05) is 0 Å². The highest BCUT2D eigenvalue weighted by atomic mass is 16.5. The molecule has 114 valence electrons. The van der Waals surface area contributed by atoms with Crippen LogP contribution in [0.4, 0.5) is 0 Å². The zero-order valence-electron chi connectivity index (χ0n) is 12.9. The van der Waals surface area contributed by atoms with E-state index >= 15 is 0 Å². The number of carbonyl (C=O) groups excluding carboxylic acids is 1. The van der Waals surface area contributed by atoms with E-state index in [0.717, 1.165) is 21.9 Å². The lowest BCUT2D eigenvalue weighted by Gasteiger charge is -2.08. The zero-order valence-corrected chi connectivity index (χ0v) is 12.9. The molecule has 0 N–H and O–H groups in total. The number of carbonyl (C=O) groups is 1. The number of fused-ring (bicyclic) bond motifs is 1. The van der Waals surface area contributed by atoms with Crippen molar-refractivity contribution in [1.82, 2.24) is 0 Å². The lowest BCUT2D eigenvalue weighted by molar-refractivity contribution is 0.0737. The van der Waals surface area contributed by atoms with Gasteiger partial charge in [0.1, 0.15) is 5.75 Å². The van der Waals surface area contributed by atoms with Crippen molar-refractivity contribution in [2.45, 2.75) is 0 Å². The number of esters is 1. The highest BCUT2D eigenvalue weighted by Crippen LogP contribution is 2.26. The summed E-state index contributed by atoms with van der Waals surface area (Å²) in [7, 11) is 0. The summed E-state index contributed by atoms with van der Waals surface area (Å²) in [6.07, 6.45) is 5.81. The van der Waals surface area contributed by atoms with Crippen LogP contribution in [0, 0.1) is 0 Å². The third-order valence-corrected chi connectivity index (χ3v) is 3.98. The number of ether oxygens (including phenoxy) is 1. The molecule has 0 saturated heterocycles. The van der Waals surface area contributed by atoms with Crippen LogP contribution in [0.1, 0.15) is 15.9 Å². The Morgan fingerprint density at radius 2 is 1.67 bits per heavy atom. The van der Waals surface area contributed by atoms with E-state index in [2.05, 4.69) is 5.73 Å². The second kappa shape index (κ2) is 6.04. The molecule has 0 unspecified atom stereocenters. The summed E-state index contributed by atoms with van der Waals surface area (Å²) < 4.78 is 5.60. The third-order valence-electron chi connectivity index (χ3n) is 3.98. The molecule has 0 bridgehead atoms. The monoisotopic (exact) mass is 310 g/mol. The Bertz CT molecular complexity index is 1010. The molecule has 24 heavy (non-hydrogen) atoms. The molecule has 2 nitrogen and oxygen atoms in total. The maximum atomic E-state index is 12.4. The molecule has 3 aromatic rings. The predicted molar refractivity (Wildman–Crippen MR) is 96.0 cm³/mol. The minimum absolute atomic E-state index is 0.357. The number of rotatable bonds is 3. The first kappa shape index (κ1) is 14.3. The van der Waals surface area contributed by atoms with Crippen molar-refractivity contribution in [3.8, 4) is 5.75 Å². The number of hydrogen-bond acceptors (Lipinski definition) is 2. The second-order valence-electron chi connectivity index (χ2n) is 5.53. The van der Waals surface area contributed by atoms with Crippen molar-refractivity contribution < 1.29 is 9.53 Å². The van der Waals surface area contributed by atoms with Gasteiger partial charge in [-0.1, -0.05) is 54.6 Å². The van der Waals surface area contributed by atoms with Crippen molar-refractivity contribution in [2.24, 2.45) is 0 Å². The van der Waals surface area contributed by atoms with Crippen LogP contribution < -0.4 is 4.74 Å².